The van der Waals surface area contributed by atoms with E-state index in [1.54, 1.807) is 0 Å². The summed E-state index contributed by atoms with van der Waals surface area (Å²) in [7, 11) is 2.23. The van der Waals surface area contributed by atoms with Crippen molar-refractivity contribution in [1.82, 2.24) is 9.80 Å². The molecule has 2 aromatic carbocycles. The van der Waals surface area contributed by atoms with Crippen molar-refractivity contribution in [2.75, 3.05) is 38.5 Å². The van der Waals surface area contributed by atoms with E-state index >= 15 is 0 Å². The van der Waals surface area contributed by atoms with Gasteiger partial charge >= 0.3 is 0 Å². The van der Waals surface area contributed by atoms with Gasteiger partial charge in [0.2, 0.25) is 0 Å². The fourth-order valence-electron chi connectivity index (χ4n) is 5.06. The molecule has 2 saturated heterocycles. The van der Waals surface area contributed by atoms with E-state index < -0.39 is 0 Å². The second kappa shape index (κ2) is 7.96. The average molecular weight is 378 g/mol. The minimum absolute atomic E-state index is 0.166. The number of nitrogens with one attached hydrogen (secondary N) is 1. The number of hydrogen-bond acceptors (Lipinski definition) is 3. The quantitative estimate of drug-likeness (QED) is 0.849. The first-order chi connectivity index (χ1) is 13.6. The Balaban J connectivity index is 1.55. The van der Waals surface area contributed by atoms with Gasteiger partial charge in [-0.3, -0.25) is 9.69 Å². The van der Waals surface area contributed by atoms with Crippen molar-refractivity contribution in [1.29, 1.82) is 0 Å². The fraction of sp³-hybridized carbons (Fsp3) is 0.458. The molecule has 2 aliphatic rings. The molecule has 0 spiro atoms. The van der Waals surface area contributed by atoms with Crippen molar-refractivity contribution in [2.45, 2.75) is 26.3 Å². The van der Waals surface area contributed by atoms with Gasteiger partial charge in [0.1, 0.15) is 0 Å². The molecule has 148 valence electrons. The molecule has 28 heavy (non-hydrogen) atoms. The second-order valence-corrected chi connectivity index (χ2v) is 8.35. The molecule has 2 heterocycles. The minimum atomic E-state index is 0.166. The Labute approximate surface area is 168 Å². The van der Waals surface area contributed by atoms with E-state index in [0.29, 0.717) is 17.9 Å². The standard InChI is InChI=1S/C24H31N3O/c1-4-13-25-22-12-8-7-11-20(22)24(28)27-15-18-14-26(3)23(21(18)16-27)19-10-6-5-9-17(19)2/h5-12,18,21,23,25H,4,13-16H2,1-3H3/t18-,21+,23-/m0/s1. The molecule has 0 radical (unpaired) electrons. The second-order valence-electron chi connectivity index (χ2n) is 8.35. The van der Waals surface area contributed by atoms with Gasteiger partial charge in [-0.25, -0.2) is 0 Å². The maximum absolute atomic E-state index is 13.3. The molecule has 0 unspecified atom stereocenters. The monoisotopic (exact) mass is 377 g/mol. The maximum Gasteiger partial charge on any atom is 0.255 e. The zero-order chi connectivity index (χ0) is 19.7. The largest absolute Gasteiger partial charge is 0.384 e. The van der Waals surface area contributed by atoms with Crippen LogP contribution in [0.5, 0.6) is 0 Å². The Hall–Kier alpha value is -2.33. The highest BCUT2D eigenvalue weighted by molar-refractivity contribution is 5.99. The first-order valence-electron chi connectivity index (χ1n) is 10.5. The first-order valence-corrected chi connectivity index (χ1v) is 10.5. The molecule has 1 N–H and O–H groups in total. The molecule has 1 amide bonds. The molecular formula is C24H31N3O. The Morgan fingerprint density at radius 1 is 1.07 bits per heavy atom. The predicted octanol–water partition coefficient (Wildman–Crippen LogP) is 4.19. The summed E-state index contributed by atoms with van der Waals surface area (Å²) < 4.78 is 0. The van der Waals surface area contributed by atoms with E-state index in [1.165, 1.54) is 11.1 Å². The highest BCUT2D eigenvalue weighted by Gasteiger charge is 2.47. The van der Waals surface area contributed by atoms with E-state index in [-0.39, 0.29) is 5.91 Å². The van der Waals surface area contributed by atoms with Gasteiger partial charge in [-0.1, -0.05) is 43.3 Å². The SMILES string of the molecule is CCCNc1ccccc1C(=O)N1C[C@@H]2CN(C)[C@@H](c3ccccc3C)[C@@H]2C1. The first kappa shape index (κ1) is 19.0. The summed E-state index contributed by atoms with van der Waals surface area (Å²) in [5.41, 5.74) is 4.52. The van der Waals surface area contributed by atoms with Crippen molar-refractivity contribution in [3.05, 3.63) is 65.2 Å². The van der Waals surface area contributed by atoms with Gasteiger partial charge in [0, 0.05) is 43.8 Å². The summed E-state index contributed by atoms with van der Waals surface area (Å²) in [6, 6.07) is 17.0. The third-order valence-corrected chi connectivity index (χ3v) is 6.41. The zero-order valence-corrected chi connectivity index (χ0v) is 17.2. The number of para-hydroxylation sites is 1. The van der Waals surface area contributed by atoms with E-state index in [1.807, 2.05) is 24.3 Å². The zero-order valence-electron chi connectivity index (χ0n) is 17.2. The number of benzene rings is 2. The topological polar surface area (TPSA) is 35.6 Å². The maximum atomic E-state index is 13.3. The summed E-state index contributed by atoms with van der Waals surface area (Å²) in [5, 5.41) is 3.41. The van der Waals surface area contributed by atoms with Crippen LogP contribution in [0.15, 0.2) is 48.5 Å². The molecule has 0 aliphatic carbocycles. The van der Waals surface area contributed by atoms with Gasteiger partial charge in [0.05, 0.1) is 5.56 Å². The molecule has 2 aromatic rings. The molecule has 0 saturated carbocycles. The van der Waals surface area contributed by atoms with Crippen LogP contribution in [0.4, 0.5) is 5.69 Å². The van der Waals surface area contributed by atoms with Crippen molar-refractivity contribution < 1.29 is 4.79 Å². The smallest absolute Gasteiger partial charge is 0.255 e. The highest BCUT2D eigenvalue weighted by Crippen LogP contribution is 2.45. The van der Waals surface area contributed by atoms with Gasteiger partial charge in [0.15, 0.2) is 0 Å². The van der Waals surface area contributed by atoms with Gasteiger partial charge in [0.25, 0.3) is 5.91 Å². The molecule has 2 fully saturated rings. The lowest BCUT2D eigenvalue weighted by Crippen LogP contribution is -2.34. The number of hydrogen-bond donors (Lipinski definition) is 1. The van der Waals surface area contributed by atoms with Crippen LogP contribution in [-0.2, 0) is 0 Å². The number of fused-ring (bicyclic) bond motifs is 1. The fourth-order valence-corrected chi connectivity index (χ4v) is 5.06. The molecule has 4 heteroatoms. The van der Waals surface area contributed by atoms with Gasteiger partial charge < -0.3 is 10.2 Å². The molecule has 4 nitrogen and oxygen atoms in total. The number of carbonyl (C=O) groups excluding carboxylic acids is 1. The van der Waals surface area contributed by atoms with Gasteiger partial charge in [-0.2, -0.15) is 0 Å². The number of anilines is 1. The van der Waals surface area contributed by atoms with Crippen molar-refractivity contribution in [3.63, 3.8) is 0 Å². The van der Waals surface area contributed by atoms with Crippen LogP contribution < -0.4 is 5.32 Å². The van der Waals surface area contributed by atoms with Crippen LogP contribution >= 0.6 is 0 Å². The predicted molar refractivity (Wildman–Crippen MR) is 115 cm³/mol. The summed E-state index contributed by atoms with van der Waals surface area (Å²) >= 11 is 0. The highest BCUT2D eigenvalue weighted by atomic mass is 16.2. The summed E-state index contributed by atoms with van der Waals surface area (Å²) in [6.07, 6.45) is 1.04. The average Bonchev–Trinajstić information content (AvgIpc) is 3.23. The number of likely N-dealkylation sites (tertiary alicyclic amines) is 2. The van der Waals surface area contributed by atoms with Gasteiger partial charge in [-0.05, 0) is 49.6 Å². The Morgan fingerprint density at radius 2 is 1.82 bits per heavy atom. The van der Waals surface area contributed by atoms with Gasteiger partial charge in [-0.15, -0.1) is 0 Å². The van der Waals surface area contributed by atoms with Crippen LogP contribution in [0, 0.1) is 18.8 Å². The van der Waals surface area contributed by atoms with Crippen LogP contribution in [-0.4, -0.2) is 48.9 Å². The summed E-state index contributed by atoms with van der Waals surface area (Å²) in [4.78, 5) is 17.9. The lowest BCUT2D eigenvalue weighted by atomic mass is 9.88. The van der Waals surface area contributed by atoms with Crippen molar-refractivity contribution in [2.24, 2.45) is 11.8 Å². The normalized spacial score (nSPS) is 24.4. The van der Waals surface area contributed by atoms with Crippen LogP contribution in [0.1, 0.15) is 40.9 Å². The Kier molecular flexibility index (Phi) is 5.40. The molecule has 2 aliphatic heterocycles. The van der Waals surface area contributed by atoms with Crippen LogP contribution in [0.2, 0.25) is 0 Å². The van der Waals surface area contributed by atoms with Crippen LogP contribution in [0.3, 0.4) is 0 Å². The third-order valence-electron chi connectivity index (χ3n) is 6.41. The lowest BCUT2D eigenvalue weighted by molar-refractivity contribution is 0.0768. The van der Waals surface area contributed by atoms with Crippen molar-refractivity contribution in [3.8, 4) is 0 Å². The molecule has 0 aromatic heterocycles. The number of rotatable bonds is 5. The Morgan fingerprint density at radius 3 is 2.61 bits per heavy atom. The molecule has 3 atom stereocenters. The van der Waals surface area contributed by atoms with E-state index in [9.17, 15) is 4.79 Å². The molecule has 4 rings (SSSR count). The Bertz CT molecular complexity index is 849. The van der Waals surface area contributed by atoms with E-state index in [0.717, 1.165) is 43.9 Å². The number of nitrogens with zero attached hydrogens (tertiary/aromatic N) is 2. The van der Waals surface area contributed by atoms with Crippen LogP contribution in [0.25, 0.3) is 0 Å². The van der Waals surface area contributed by atoms with E-state index in [4.69, 9.17) is 0 Å². The lowest BCUT2D eigenvalue weighted by Gasteiger charge is -2.28. The summed E-state index contributed by atoms with van der Waals surface area (Å²) in [5.74, 6) is 1.22. The minimum Gasteiger partial charge on any atom is -0.384 e. The number of amides is 1. The number of carbonyl (C=O) groups is 1. The third kappa shape index (κ3) is 3.42. The molecular weight excluding hydrogens is 346 g/mol. The molecule has 0 bridgehead atoms. The van der Waals surface area contributed by atoms with E-state index in [2.05, 4.69) is 60.3 Å². The van der Waals surface area contributed by atoms with Crippen molar-refractivity contribution >= 4 is 11.6 Å². The number of aryl methyl sites for hydroxylation is 1. The summed E-state index contributed by atoms with van der Waals surface area (Å²) in [6.45, 7) is 7.98.